The summed E-state index contributed by atoms with van der Waals surface area (Å²) in [6.45, 7) is 2.96. The van der Waals surface area contributed by atoms with E-state index < -0.39 is 0 Å². The van der Waals surface area contributed by atoms with Gasteiger partial charge in [-0.25, -0.2) is 0 Å². The van der Waals surface area contributed by atoms with Crippen molar-refractivity contribution in [1.29, 1.82) is 0 Å². The molecule has 2 aromatic rings. The molecule has 0 spiro atoms. The molecule has 2 rings (SSSR count). The lowest BCUT2D eigenvalue weighted by Crippen LogP contribution is -2.16. The third-order valence-electron chi connectivity index (χ3n) is 3.38. The summed E-state index contributed by atoms with van der Waals surface area (Å²) in [5.74, 6) is 0. The van der Waals surface area contributed by atoms with Crippen LogP contribution in [-0.4, -0.2) is 16.8 Å². The van der Waals surface area contributed by atoms with Crippen LogP contribution in [0.2, 0.25) is 0 Å². The molecule has 0 unspecified atom stereocenters. The maximum absolute atomic E-state index is 6.02. The Morgan fingerprint density at radius 1 is 1.32 bits per heavy atom. The van der Waals surface area contributed by atoms with Crippen molar-refractivity contribution in [3.8, 4) is 0 Å². The predicted molar refractivity (Wildman–Crippen MR) is 79.0 cm³/mol. The van der Waals surface area contributed by atoms with E-state index in [9.17, 15) is 0 Å². The van der Waals surface area contributed by atoms with Gasteiger partial charge in [-0.1, -0.05) is 19.1 Å². The summed E-state index contributed by atoms with van der Waals surface area (Å²) in [6.07, 6.45) is 4.90. The smallest absolute Gasteiger partial charge is 0.0539 e. The van der Waals surface area contributed by atoms with E-state index in [-0.39, 0.29) is 6.04 Å². The average Bonchev–Trinajstić information content (AvgIpc) is 2.83. The first-order valence-electron chi connectivity index (χ1n) is 6.64. The van der Waals surface area contributed by atoms with Crippen LogP contribution in [0.25, 0.3) is 0 Å². The number of rotatable bonds is 5. The van der Waals surface area contributed by atoms with Crippen molar-refractivity contribution in [3.63, 3.8) is 0 Å². The van der Waals surface area contributed by atoms with E-state index in [1.807, 2.05) is 24.1 Å². The Bertz CT molecular complexity index is 515. The summed E-state index contributed by atoms with van der Waals surface area (Å²) >= 11 is 0. The molecule has 2 N–H and O–H groups in total. The number of aromatic nitrogens is 2. The molecule has 0 aliphatic rings. The maximum Gasteiger partial charge on any atom is 0.0539 e. The second-order valence-corrected chi connectivity index (χ2v) is 4.98. The van der Waals surface area contributed by atoms with E-state index in [0.717, 1.165) is 13.0 Å². The predicted octanol–water partition coefficient (Wildman–Crippen LogP) is 2.47. The first-order chi connectivity index (χ1) is 9.10. The highest BCUT2D eigenvalue weighted by molar-refractivity contribution is 5.47. The van der Waals surface area contributed by atoms with Crippen LogP contribution < -0.4 is 10.6 Å². The van der Waals surface area contributed by atoms with Gasteiger partial charge >= 0.3 is 0 Å². The van der Waals surface area contributed by atoms with Crippen molar-refractivity contribution in [3.05, 3.63) is 47.8 Å². The fraction of sp³-hybridized carbons (Fsp3) is 0.400. The molecule has 0 saturated heterocycles. The number of hydrogen-bond donors (Lipinski definition) is 1. The Morgan fingerprint density at radius 3 is 2.53 bits per heavy atom. The van der Waals surface area contributed by atoms with Gasteiger partial charge in [-0.3, -0.25) is 4.68 Å². The molecule has 0 aliphatic carbocycles. The zero-order chi connectivity index (χ0) is 13.8. The molecular formula is C15H22N4. The minimum atomic E-state index is 0.137. The summed E-state index contributed by atoms with van der Waals surface area (Å²) in [4.78, 5) is 2.21. The van der Waals surface area contributed by atoms with Crippen molar-refractivity contribution in [2.45, 2.75) is 25.9 Å². The summed E-state index contributed by atoms with van der Waals surface area (Å²) in [7, 11) is 4.02. The topological polar surface area (TPSA) is 47.1 Å². The number of benzene rings is 1. The standard InChI is InChI=1S/C15H22N4/c1-4-15(16)13-5-7-14(8-6-13)18(2)10-12-9-17-19(3)11-12/h5-9,11,15H,4,10,16H2,1-3H3/t15-/m1/s1. The van der Waals surface area contributed by atoms with Gasteiger partial charge in [-0.05, 0) is 24.1 Å². The van der Waals surface area contributed by atoms with Crippen LogP contribution in [0, 0.1) is 0 Å². The third kappa shape index (κ3) is 3.35. The second-order valence-electron chi connectivity index (χ2n) is 4.98. The van der Waals surface area contributed by atoms with Gasteiger partial charge in [-0.15, -0.1) is 0 Å². The normalized spacial score (nSPS) is 12.4. The Balaban J connectivity index is 2.05. The molecule has 1 aromatic carbocycles. The van der Waals surface area contributed by atoms with Crippen LogP contribution >= 0.6 is 0 Å². The zero-order valence-electron chi connectivity index (χ0n) is 11.9. The van der Waals surface area contributed by atoms with Crippen LogP contribution in [0.3, 0.4) is 0 Å². The summed E-state index contributed by atoms with van der Waals surface area (Å²) < 4.78 is 1.83. The zero-order valence-corrected chi connectivity index (χ0v) is 11.9. The molecule has 0 fully saturated rings. The van der Waals surface area contributed by atoms with Gasteiger partial charge in [0.1, 0.15) is 0 Å². The van der Waals surface area contributed by atoms with Crippen LogP contribution in [0.1, 0.15) is 30.5 Å². The Kier molecular flexibility index (Phi) is 4.22. The molecule has 102 valence electrons. The van der Waals surface area contributed by atoms with Crippen LogP contribution in [0.5, 0.6) is 0 Å². The van der Waals surface area contributed by atoms with Crippen molar-refractivity contribution in [2.75, 3.05) is 11.9 Å². The lowest BCUT2D eigenvalue weighted by molar-refractivity contribution is 0.698. The van der Waals surface area contributed by atoms with E-state index in [1.54, 1.807) is 0 Å². The lowest BCUT2D eigenvalue weighted by Gasteiger charge is -2.19. The van der Waals surface area contributed by atoms with E-state index in [4.69, 9.17) is 5.73 Å². The highest BCUT2D eigenvalue weighted by Gasteiger charge is 2.06. The lowest BCUT2D eigenvalue weighted by atomic mass is 10.1. The SMILES string of the molecule is CC[C@@H](N)c1ccc(N(C)Cc2cnn(C)c2)cc1. The molecule has 1 atom stereocenters. The maximum atomic E-state index is 6.02. The highest BCUT2D eigenvalue weighted by atomic mass is 15.2. The van der Waals surface area contributed by atoms with Gasteiger partial charge in [-0.2, -0.15) is 5.10 Å². The van der Waals surface area contributed by atoms with E-state index in [0.29, 0.717) is 0 Å². The van der Waals surface area contributed by atoms with Gasteiger partial charge in [0.05, 0.1) is 6.20 Å². The highest BCUT2D eigenvalue weighted by Crippen LogP contribution is 2.20. The average molecular weight is 258 g/mol. The number of nitrogens with zero attached hydrogens (tertiary/aromatic N) is 3. The summed E-state index contributed by atoms with van der Waals surface area (Å²) in [6, 6.07) is 8.62. The molecule has 0 radical (unpaired) electrons. The van der Waals surface area contributed by atoms with Gasteiger partial charge in [0.2, 0.25) is 0 Å². The Labute approximate surface area is 114 Å². The van der Waals surface area contributed by atoms with Gasteiger partial charge < -0.3 is 10.6 Å². The molecule has 0 amide bonds. The Hall–Kier alpha value is -1.81. The fourth-order valence-corrected chi connectivity index (χ4v) is 2.13. The first-order valence-corrected chi connectivity index (χ1v) is 6.64. The van der Waals surface area contributed by atoms with E-state index in [1.165, 1.54) is 16.8 Å². The molecule has 1 heterocycles. The van der Waals surface area contributed by atoms with Crippen LogP contribution in [0.4, 0.5) is 5.69 Å². The van der Waals surface area contributed by atoms with Crippen LogP contribution in [0.15, 0.2) is 36.7 Å². The van der Waals surface area contributed by atoms with Crippen molar-refractivity contribution in [1.82, 2.24) is 9.78 Å². The van der Waals surface area contributed by atoms with Crippen LogP contribution in [-0.2, 0) is 13.6 Å². The van der Waals surface area contributed by atoms with Gasteiger partial charge in [0.25, 0.3) is 0 Å². The summed E-state index contributed by atoms with van der Waals surface area (Å²) in [5, 5.41) is 4.19. The second kappa shape index (κ2) is 5.89. The van der Waals surface area contributed by atoms with Crippen molar-refractivity contribution in [2.24, 2.45) is 12.8 Å². The number of nitrogens with two attached hydrogens (primary N) is 1. The quantitative estimate of drug-likeness (QED) is 0.896. The largest absolute Gasteiger partial charge is 0.370 e. The molecule has 0 aliphatic heterocycles. The molecule has 0 bridgehead atoms. The number of hydrogen-bond acceptors (Lipinski definition) is 3. The van der Waals surface area contributed by atoms with Crippen molar-refractivity contribution < 1.29 is 0 Å². The Morgan fingerprint density at radius 2 is 2.00 bits per heavy atom. The molecule has 1 aromatic heterocycles. The van der Waals surface area contributed by atoms with Crippen molar-refractivity contribution >= 4 is 5.69 Å². The number of anilines is 1. The fourth-order valence-electron chi connectivity index (χ4n) is 2.13. The monoisotopic (exact) mass is 258 g/mol. The first kappa shape index (κ1) is 13.6. The molecule has 19 heavy (non-hydrogen) atoms. The van der Waals surface area contributed by atoms with Gasteiger partial charge in [0, 0.05) is 44.1 Å². The molecule has 4 nitrogen and oxygen atoms in total. The van der Waals surface area contributed by atoms with Gasteiger partial charge in [0.15, 0.2) is 0 Å². The van der Waals surface area contributed by atoms with E-state index in [2.05, 4.69) is 48.2 Å². The summed E-state index contributed by atoms with van der Waals surface area (Å²) in [5.41, 5.74) is 9.62. The minimum Gasteiger partial charge on any atom is -0.370 e. The molecular weight excluding hydrogens is 236 g/mol. The minimum absolute atomic E-state index is 0.137. The van der Waals surface area contributed by atoms with E-state index >= 15 is 0 Å². The number of aryl methyl sites for hydroxylation is 1. The molecule has 0 saturated carbocycles. The third-order valence-corrected chi connectivity index (χ3v) is 3.38. The molecule has 4 heteroatoms.